The van der Waals surface area contributed by atoms with E-state index in [4.69, 9.17) is 11.6 Å². The van der Waals surface area contributed by atoms with Crippen molar-refractivity contribution in [3.05, 3.63) is 0 Å². The Morgan fingerprint density at radius 2 is 2.07 bits per heavy atom. The molecule has 1 fully saturated rings. The molecule has 1 saturated carbocycles. The average molecular weight is 217 g/mol. The Hall–Kier alpha value is -0.0400. The Kier molecular flexibility index (Phi) is 4.43. The van der Waals surface area contributed by atoms with Crippen molar-refractivity contribution >= 4 is 17.4 Å². The van der Waals surface area contributed by atoms with Gasteiger partial charge in [-0.3, -0.25) is 4.79 Å². The smallest absolute Gasteiger partial charge is 0.150 e. The molecule has 0 spiro atoms. The lowest BCUT2D eigenvalue weighted by molar-refractivity contribution is -0.124. The summed E-state index contributed by atoms with van der Waals surface area (Å²) in [4.78, 5) is 11.7. The second-order valence-corrected chi connectivity index (χ2v) is 5.30. The summed E-state index contributed by atoms with van der Waals surface area (Å²) >= 11 is 5.65. The number of carbonyl (C=O) groups excluding carboxylic acids is 1. The Balaban J connectivity index is 2.68. The third-order valence-electron chi connectivity index (χ3n) is 3.57. The summed E-state index contributed by atoms with van der Waals surface area (Å²) in [6.45, 7) is 6.68. The van der Waals surface area contributed by atoms with Gasteiger partial charge in [0.1, 0.15) is 0 Å². The van der Waals surface area contributed by atoms with Crippen LogP contribution in [0.15, 0.2) is 0 Å². The molecule has 1 aliphatic rings. The number of alkyl halides is 1. The van der Waals surface area contributed by atoms with E-state index in [2.05, 4.69) is 20.8 Å². The highest BCUT2D eigenvalue weighted by Crippen LogP contribution is 2.38. The van der Waals surface area contributed by atoms with Crippen molar-refractivity contribution in [1.29, 1.82) is 0 Å². The lowest BCUT2D eigenvalue weighted by Crippen LogP contribution is -2.33. The van der Waals surface area contributed by atoms with Crippen LogP contribution in [-0.4, -0.2) is 11.7 Å². The van der Waals surface area contributed by atoms with Crippen LogP contribution in [0.5, 0.6) is 0 Å². The molecule has 2 heteroatoms. The van der Waals surface area contributed by atoms with E-state index in [0.29, 0.717) is 17.8 Å². The summed E-state index contributed by atoms with van der Waals surface area (Å²) < 4.78 is 0. The van der Waals surface area contributed by atoms with Gasteiger partial charge in [0.05, 0.1) is 5.88 Å². The maximum Gasteiger partial charge on any atom is 0.150 e. The summed E-state index contributed by atoms with van der Waals surface area (Å²) in [6, 6.07) is 0. The van der Waals surface area contributed by atoms with Gasteiger partial charge in [-0.2, -0.15) is 0 Å². The van der Waals surface area contributed by atoms with E-state index in [-0.39, 0.29) is 17.6 Å². The van der Waals surface area contributed by atoms with Gasteiger partial charge in [-0.25, -0.2) is 0 Å². The van der Waals surface area contributed by atoms with E-state index in [0.717, 1.165) is 6.42 Å². The van der Waals surface area contributed by atoms with E-state index in [1.165, 1.54) is 12.8 Å². The molecule has 0 aromatic rings. The fourth-order valence-electron chi connectivity index (χ4n) is 2.67. The molecule has 1 nitrogen and oxygen atoms in total. The van der Waals surface area contributed by atoms with Crippen molar-refractivity contribution in [3.8, 4) is 0 Å². The molecule has 1 rings (SSSR count). The summed E-state index contributed by atoms with van der Waals surface area (Å²) in [6.07, 6.45) is 3.52. The monoisotopic (exact) mass is 216 g/mol. The largest absolute Gasteiger partial charge is 0.298 e. The molecular formula is C12H21ClO. The summed E-state index contributed by atoms with van der Waals surface area (Å²) in [5.74, 6) is 2.56. The fraction of sp³-hybridized carbons (Fsp3) is 0.917. The van der Waals surface area contributed by atoms with Gasteiger partial charge in [-0.05, 0) is 30.6 Å². The van der Waals surface area contributed by atoms with E-state index in [1.54, 1.807) is 0 Å². The molecule has 0 bridgehead atoms. The maximum atomic E-state index is 11.7. The normalized spacial score (nSPS) is 33.4. The zero-order valence-electron chi connectivity index (χ0n) is 9.42. The number of halogens is 1. The molecule has 0 radical (unpaired) electrons. The highest BCUT2D eigenvalue weighted by Gasteiger charge is 2.34. The van der Waals surface area contributed by atoms with Crippen LogP contribution in [0.25, 0.3) is 0 Å². The number of hydrogen-bond donors (Lipinski definition) is 0. The molecule has 0 aromatic heterocycles. The number of ketones is 1. The maximum absolute atomic E-state index is 11.7. The average Bonchev–Trinajstić information content (AvgIpc) is 2.16. The van der Waals surface area contributed by atoms with Crippen molar-refractivity contribution < 1.29 is 4.79 Å². The third-order valence-corrected chi connectivity index (χ3v) is 3.83. The van der Waals surface area contributed by atoms with Crippen molar-refractivity contribution in [2.45, 2.75) is 40.0 Å². The molecule has 0 amide bonds. The SMILES string of the molecule is CC1CCC(C(C)C)C(C(=O)CCl)C1. The molecule has 82 valence electrons. The Labute approximate surface area is 92.2 Å². The summed E-state index contributed by atoms with van der Waals surface area (Å²) in [7, 11) is 0. The molecular weight excluding hydrogens is 196 g/mol. The first-order chi connectivity index (χ1) is 6.56. The number of Topliss-reactive ketones (excluding diaryl/α,β-unsaturated/α-hetero) is 1. The predicted octanol–water partition coefficient (Wildman–Crippen LogP) is 3.50. The van der Waals surface area contributed by atoms with Crippen LogP contribution in [0.1, 0.15) is 40.0 Å². The van der Waals surface area contributed by atoms with E-state index >= 15 is 0 Å². The Morgan fingerprint density at radius 1 is 1.43 bits per heavy atom. The van der Waals surface area contributed by atoms with Crippen LogP contribution in [0.4, 0.5) is 0 Å². The molecule has 3 unspecified atom stereocenters. The number of hydrogen-bond acceptors (Lipinski definition) is 1. The lowest BCUT2D eigenvalue weighted by Gasteiger charge is -2.36. The first-order valence-corrected chi connectivity index (χ1v) is 6.18. The van der Waals surface area contributed by atoms with E-state index < -0.39 is 0 Å². The van der Waals surface area contributed by atoms with Gasteiger partial charge in [0.25, 0.3) is 0 Å². The quantitative estimate of drug-likeness (QED) is 0.660. The minimum atomic E-state index is 0.195. The minimum absolute atomic E-state index is 0.195. The van der Waals surface area contributed by atoms with Gasteiger partial charge >= 0.3 is 0 Å². The summed E-state index contributed by atoms with van der Waals surface area (Å²) in [5, 5.41) is 0. The van der Waals surface area contributed by atoms with Crippen LogP contribution in [0.3, 0.4) is 0 Å². The molecule has 3 atom stereocenters. The second kappa shape index (κ2) is 5.16. The molecule has 0 aliphatic heterocycles. The highest BCUT2D eigenvalue weighted by atomic mass is 35.5. The predicted molar refractivity (Wildman–Crippen MR) is 60.6 cm³/mol. The zero-order valence-corrected chi connectivity index (χ0v) is 10.2. The Morgan fingerprint density at radius 3 is 2.57 bits per heavy atom. The summed E-state index contributed by atoms with van der Waals surface area (Å²) in [5.41, 5.74) is 0. The topological polar surface area (TPSA) is 17.1 Å². The van der Waals surface area contributed by atoms with E-state index in [1.807, 2.05) is 0 Å². The van der Waals surface area contributed by atoms with E-state index in [9.17, 15) is 4.79 Å². The van der Waals surface area contributed by atoms with Crippen molar-refractivity contribution in [2.75, 3.05) is 5.88 Å². The highest BCUT2D eigenvalue weighted by molar-refractivity contribution is 6.27. The van der Waals surface area contributed by atoms with Crippen LogP contribution < -0.4 is 0 Å². The van der Waals surface area contributed by atoms with Crippen LogP contribution in [0, 0.1) is 23.7 Å². The molecule has 0 N–H and O–H groups in total. The fourth-order valence-corrected chi connectivity index (χ4v) is 2.87. The standard InChI is InChI=1S/C12H21ClO/c1-8(2)10-5-4-9(3)6-11(10)12(14)7-13/h8-11H,4-7H2,1-3H3. The number of rotatable bonds is 3. The van der Waals surface area contributed by atoms with Crippen LogP contribution in [-0.2, 0) is 4.79 Å². The second-order valence-electron chi connectivity index (χ2n) is 5.03. The van der Waals surface area contributed by atoms with Gasteiger partial charge in [0.2, 0.25) is 0 Å². The van der Waals surface area contributed by atoms with Gasteiger partial charge in [0, 0.05) is 5.92 Å². The minimum Gasteiger partial charge on any atom is -0.298 e. The lowest BCUT2D eigenvalue weighted by atomic mass is 9.69. The third kappa shape index (κ3) is 2.73. The number of carbonyl (C=O) groups is 1. The van der Waals surface area contributed by atoms with Crippen molar-refractivity contribution in [2.24, 2.45) is 23.7 Å². The van der Waals surface area contributed by atoms with Gasteiger partial charge in [-0.1, -0.05) is 27.2 Å². The van der Waals surface area contributed by atoms with Gasteiger partial charge in [0.15, 0.2) is 5.78 Å². The van der Waals surface area contributed by atoms with Gasteiger partial charge in [-0.15, -0.1) is 11.6 Å². The first kappa shape index (κ1) is 12.0. The molecule has 14 heavy (non-hydrogen) atoms. The van der Waals surface area contributed by atoms with Gasteiger partial charge < -0.3 is 0 Å². The van der Waals surface area contributed by atoms with Crippen molar-refractivity contribution in [3.63, 3.8) is 0 Å². The van der Waals surface area contributed by atoms with Crippen molar-refractivity contribution in [1.82, 2.24) is 0 Å². The molecule has 0 saturated heterocycles. The Bertz CT molecular complexity index is 200. The first-order valence-electron chi connectivity index (χ1n) is 5.65. The molecule has 0 aromatic carbocycles. The molecule has 1 aliphatic carbocycles. The zero-order chi connectivity index (χ0) is 10.7. The van der Waals surface area contributed by atoms with Crippen LogP contribution >= 0.6 is 11.6 Å². The molecule has 0 heterocycles. The van der Waals surface area contributed by atoms with Crippen LogP contribution in [0.2, 0.25) is 0 Å².